The normalized spacial score (nSPS) is 23.5. The lowest BCUT2D eigenvalue weighted by Crippen LogP contribution is -2.39. The Hall–Kier alpha value is -1.01. The molecule has 134 valence electrons. The van der Waals surface area contributed by atoms with Crippen LogP contribution in [0.1, 0.15) is 37.7 Å². The molecule has 0 radical (unpaired) electrons. The quantitative estimate of drug-likeness (QED) is 0.763. The Kier molecular flexibility index (Phi) is 7.02. The summed E-state index contributed by atoms with van der Waals surface area (Å²) in [5.41, 5.74) is 0.640. The summed E-state index contributed by atoms with van der Waals surface area (Å²) in [6.45, 7) is 4.88. The summed E-state index contributed by atoms with van der Waals surface area (Å²) in [5, 5.41) is 0. The fourth-order valence-electron chi connectivity index (χ4n) is 3.28. The Labute approximate surface area is 143 Å². The summed E-state index contributed by atoms with van der Waals surface area (Å²) >= 11 is 0. The molecule has 1 atom stereocenters. The third kappa shape index (κ3) is 5.52. The van der Waals surface area contributed by atoms with Crippen LogP contribution in [0.2, 0.25) is 0 Å². The molecule has 0 N–H and O–H groups in total. The van der Waals surface area contributed by atoms with Crippen LogP contribution in [0.25, 0.3) is 0 Å². The van der Waals surface area contributed by atoms with E-state index in [-0.39, 0.29) is 18.2 Å². The average molecular weight is 337 g/mol. The topological polar surface area (TPSA) is 30.9 Å². The van der Waals surface area contributed by atoms with Crippen LogP contribution >= 0.6 is 0 Å². The molecule has 4 nitrogen and oxygen atoms in total. The number of hydrogen-bond donors (Lipinski definition) is 0. The molecule has 1 aromatic carbocycles. The molecule has 0 amide bonds. The number of piperidine rings is 1. The van der Waals surface area contributed by atoms with Crippen molar-refractivity contribution < 1.29 is 18.6 Å². The SMILES string of the molecule is Fc1ccccc1COC1CCN(CCO[C@H]2CCCCO2)CC1. The van der Waals surface area contributed by atoms with Crippen LogP contribution in [0, 0.1) is 5.82 Å². The summed E-state index contributed by atoms with van der Waals surface area (Å²) in [6.07, 6.45) is 5.59. The second kappa shape index (κ2) is 9.47. The Morgan fingerprint density at radius 2 is 1.92 bits per heavy atom. The third-order valence-corrected chi connectivity index (χ3v) is 4.82. The standard InChI is InChI=1S/C19H28FNO3/c20-18-6-2-1-5-16(18)15-24-17-8-10-21(11-9-17)12-14-23-19-7-3-4-13-22-19/h1-2,5-6,17,19H,3-4,7-15H2/t19-/m0/s1. The fraction of sp³-hybridized carbons (Fsp3) is 0.684. The van der Waals surface area contributed by atoms with Gasteiger partial charge in [0.15, 0.2) is 6.29 Å². The van der Waals surface area contributed by atoms with Gasteiger partial charge in [0.2, 0.25) is 0 Å². The zero-order valence-corrected chi connectivity index (χ0v) is 14.3. The van der Waals surface area contributed by atoms with Crippen LogP contribution < -0.4 is 0 Å². The van der Waals surface area contributed by atoms with Crippen molar-refractivity contribution in [3.63, 3.8) is 0 Å². The van der Waals surface area contributed by atoms with Crippen molar-refractivity contribution in [1.82, 2.24) is 4.90 Å². The zero-order chi connectivity index (χ0) is 16.6. The van der Waals surface area contributed by atoms with Gasteiger partial charge in [0.1, 0.15) is 5.82 Å². The van der Waals surface area contributed by atoms with Crippen LogP contribution in [0.5, 0.6) is 0 Å². The van der Waals surface area contributed by atoms with Crippen molar-refractivity contribution in [3.8, 4) is 0 Å². The summed E-state index contributed by atoms with van der Waals surface area (Å²) in [4.78, 5) is 2.41. The molecule has 0 unspecified atom stereocenters. The molecular weight excluding hydrogens is 309 g/mol. The highest BCUT2D eigenvalue weighted by atomic mass is 19.1. The first kappa shape index (κ1) is 17.8. The molecule has 2 aliphatic rings. The molecule has 0 aliphatic carbocycles. The summed E-state index contributed by atoms with van der Waals surface area (Å²) in [5.74, 6) is -0.183. The van der Waals surface area contributed by atoms with E-state index in [2.05, 4.69) is 4.90 Å². The number of hydrogen-bond acceptors (Lipinski definition) is 4. The van der Waals surface area contributed by atoms with Crippen molar-refractivity contribution >= 4 is 0 Å². The molecule has 0 spiro atoms. The van der Waals surface area contributed by atoms with Gasteiger partial charge >= 0.3 is 0 Å². The van der Waals surface area contributed by atoms with Crippen molar-refractivity contribution in [1.29, 1.82) is 0 Å². The molecule has 5 heteroatoms. The minimum Gasteiger partial charge on any atom is -0.373 e. The Morgan fingerprint density at radius 3 is 2.67 bits per heavy atom. The van der Waals surface area contributed by atoms with E-state index in [9.17, 15) is 4.39 Å². The molecular formula is C19H28FNO3. The lowest BCUT2D eigenvalue weighted by Gasteiger charge is -2.32. The van der Waals surface area contributed by atoms with Gasteiger partial charge in [-0.3, -0.25) is 0 Å². The van der Waals surface area contributed by atoms with Crippen LogP contribution in [0.3, 0.4) is 0 Å². The minimum atomic E-state index is -0.183. The molecule has 0 aromatic heterocycles. The molecule has 2 saturated heterocycles. The first-order chi connectivity index (χ1) is 11.8. The smallest absolute Gasteiger partial charge is 0.157 e. The zero-order valence-electron chi connectivity index (χ0n) is 14.3. The van der Waals surface area contributed by atoms with E-state index in [4.69, 9.17) is 14.2 Å². The van der Waals surface area contributed by atoms with Crippen LogP contribution in [0.4, 0.5) is 4.39 Å². The van der Waals surface area contributed by atoms with Gasteiger partial charge in [-0.05, 0) is 38.2 Å². The van der Waals surface area contributed by atoms with E-state index >= 15 is 0 Å². The average Bonchev–Trinajstić information content (AvgIpc) is 2.63. The van der Waals surface area contributed by atoms with E-state index in [1.807, 2.05) is 6.07 Å². The van der Waals surface area contributed by atoms with E-state index in [0.29, 0.717) is 12.2 Å². The van der Waals surface area contributed by atoms with Gasteiger partial charge in [0.05, 0.1) is 19.3 Å². The Bertz CT molecular complexity index is 485. The maximum absolute atomic E-state index is 13.6. The number of ether oxygens (including phenoxy) is 3. The van der Waals surface area contributed by atoms with Crippen LogP contribution in [-0.2, 0) is 20.8 Å². The highest BCUT2D eigenvalue weighted by Gasteiger charge is 2.20. The number of halogens is 1. The fourth-order valence-corrected chi connectivity index (χ4v) is 3.28. The van der Waals surface area contributed by atoms with Crippen molar-refractivity contribution in [2.45, 2.75) is 51.1 Å². The molecule has 0 saturated carbocycles. The van der Waals surface area contributed by atoms with E-state index in [1.165, 1.54) is 12.5 Å². The van der Waals surface area contributed by atoms with Crippen molar-refractivity contribution in [2.75, 3.05) is 32.8 Å². The molecule has 2 fully saturated rings. The van der Waals surface area contributed by atoms with E-state index in [0.717, 1.165) is 58.5 Å². The van der Waals surface area contributed by atoms with E-state index < -0.39 is 0 Å². The Balaban J connectivity index is 1.29. The lowest BCUT2D eigenvalue weighted by atomic mass is 10.1. The Morgan fingerprint density at radius 1 is 1.08 bits per heavy atom. The third-order valence-electron chi connectivity index (χ3n) is 4.82. The van der Waals surface area contributed by atoms with Gasteiger partial charge < -0.3 is 19.1 Å². The van der Waals surface area contributed by atoms with Gasteiger partial charge in [-0.2, -0.15) is 0 Å². The van der Waals surface area contributed by atoms with Gasteiger partial charge in [0.25, 0.3) is 0 Å². The number of benzene rings is 1. The molecule has 0 bridgehead atoms. The highest BCUT2D eigenvalue weighted by Crippen LogP contribution is 2.17. The van der Waals surface area contributed by atoms with Crippen LogP contribution in [-0.4, -0.2) is 50.1 Å². The molecule has 1 aromatic rings. The minimum absolute atomic E-state index is 0.000362. The van der Waals surface area contributed by atoms with Gasteiger partial charge in [-0.25, -0.2) is 4.39 Å². The lowest BCUT2D eigenvalue weighted by molar-refractivity contribution is -0.165. The molecule has 3 rings (SSSR count). The molecule has 24 heavy (non-hydrogen) atoms. The summed E-state index contributed by atoms with van der Waals surface area (Å²) in [6, 6.07) is 6.82. The second-order valence-corrected chi connectivity index (χ2v) is 6.61. The number of likely N-dealkylation sites (tertiary alicyclic amines) is 1. The van der Waals surface area contributed by atoms with Crippen molar-refractivity contribution in [2.24, 2.45) is 0 Å². The van der Waals surface area contributed by atoms with Crippen molar-refractivity contribution in [3.05, 3.63) is 35.6 Å². The predicted octanol–water partition coefficient (Wildman–Crippen LogP) is 3.35. The first-order valence-electron chi connectivity index (χ1n) is 9.12. The van der Waals surface area contributed by atoms with Gasteiger partial charge in [-0.15, -0.1) is 0 Å². The molecule has 2 heterocycles. The summed E-state index contributed by atoms with van der Waals surface area (Å²) < 4.78 is 30.8. The second-order valence-electron chi connectivity index (χ2n) is 6.61. The highest BCUT2D eigenvalue weighted by molar-refractivity contribution is 5.16. The predicted molar refractivity (Wildman–Crippen MR) is 90.2 cm³/mol. The van der Waals surface area contributed by atoms with Gasteiger partial charge in [-0.1, -0.05) is 18.2 Å². The van der Waals surface area contributed by atoms with Gasteiger partial charge in [0, 0.05) is 31.8 Å². The van der Waals surface area contributed by atoms with E-state index in [1.54, 1.807) is 12.1 Å². The number of rotatable bonds is 7. The maximum Gasteiger partial charge on any atom is 0.157 e. The number of nitrogens with zero attached hydrogens (tertiary/aromatic N) is 1. The van der Waals surface area contributed by atoms with Crippen LogP contribution in [0.15, 0.2) is 24.3 Å². The summed E-state index contributed by atoms with van der Waals surface area (Å²) in [7, 11) is 0. The molecule has 2 aliphatic heterocycles. The largest absolute Gasteiger partial charge is 0.373 e. The monoisotopic (exact) mass is 337 g/mol. The maximum atomic E-state index is 13.6. The first-order valence-corrected chi connectivity index (χ1v) is 9.12.